The molecule has 21 heavy (non-hydrogen) atoms. The van der Waals surface area contributed by atoms with Crippen molar-refractivity contribution in [3.8, 4) is 0 Å². The molecule has 2 N–H and O–H groups in total. The second-order valence-electron chi connectivity index (χ2n) is 3.95. The molecule has 1 aromatic heterocycles. The van der Waals surface area contributed by atoms with Crippen LogP contribution in [0.1, 0.15) is 23.2 Å². The van der Waals surface area contributed by atoms with Gasteiger partial charge in [0.25, 0.3) is 5.91 Å². The highest BCUT2D eigenvalue weighted by Gasteiger charge is 2.23. The van der Waals surface area contributed by atoms with E-state index in [1.54, 1.807) is 0 Å². The number of amides is 1. The van der Waals surface area contributed by atoms with Gasteiger partial charge in [-0.2, -0.15) is 0 Å². The van der Waals surface area contributed by atoms with E-state index >= 15 is 0 Å². The molecular weight excluding hydrogens is 323 g/mol. The molecule has 0 radical (unpaired) electrons. The fourth-order valence-electron chi connectivity index (χ4n) is 1.44. The summed E-state index contributed by atoms with van der Waals surface area (Å²) in [7, 11) is 1.19. The third-order valence-electron chi connectivity index (χ3n) is 2.53. The summed E-state index contributed by atoms with van der Waals surface area (Å²) in [6.45, 7) is 0. The van der Waals surface area contributed by atoms with Crippen LogP contribution < -0.4 is 5.32 Å². The normalized spacial score (nSPS) is 11.6. The van der Waals surface area contributed by atoms with Crippen molar-refractivity contribution in [1.82, 2.24) is 10.3 Å². The number of nitrogens with one attached hydrogen (secondary N) is 1. The summed E-state index contributed by atoms with van der Waals surface area (Å²) in [5.74, 6) is -2.56. The number of pyridine rings is 1. The highest BCUT2D eigenvalue weighted by Crippen LogP contribution is 2.16. The van der Waals surface area contributed by atoms with E-state index in [9.17, 15) is 14.4 Å². The maximum absolute atomic E-state index is 11.9. The van der Waals surface area contributed by atoms with E-state index in [0.29, 0.717) is 0 Å². The van der Waals surface area contributed by atoms with Crippen molar-refractivity contribution in [1.29, 1.82) is 0 Å². The van der Waals surface area contributed by atoms with Crippen molar-refractivity contribution < 1.29 is 24.2 Å². The van der Waals surface area contributed by atoms with Crippen LogP contribution >= 0.6 is 23.2 Å². The number of carbonyl (C=O) groups excluding carboxylic acids is 2. The standard InChI is InChI=1S/C12H12Cl2N2O5/c1-21-9(17)5-3-7(12(19)20)15-11(18)6-2-4-8(13)16-10(6)14/h2,4,7H,3,5H2,1H3,(H,15,18)(H,19,20). The Bertz CT molecular complexity index is 565. The Labute approximate surface area is 130 Å². The van der Waals surface area contributed by atoms with Crippen LogP contribution in [-0.4, -0.2) is 41.1 Å². The molecule has 0 saturated carbocycles. The SMILES string of the molecule is COC(=O)CCC(NC(=O)c1ccc(Cl)nc1Cl)C(=O)O. The van der Waals surface area contributed by atoms with E-state index < -0.39 is 23.9 Å². The molecule has 0 aliphatic carbocycles. The molecule has 0 aromatic carbocycles. The van der Waals surface area contributed by atoms with Crippen molar-refractivity contribution in [2.75, 3.05) is 7.11 Å². The molecule has 7 nitrogen and oxygen atoms in total. The first-order valence-corrected chi connectivity index (χ1v) is 6.53. The van der Waals surface area contributed by atoms with E-state index in [1.165, 1.54) is 19.2 Å². The summed E-state index contributed by atoms with van der Waals surface area (Å²) in [4.78, 5) is 37.7. The minimum atomic E-state index is -1.27. The van der Waals surface area contributed by atoms with E-state index in [0.717, 1.165) is 0 Å². The van der Waals surface area contributed by atoms with Gasteiger partial charge in [-0.3, -0.25) is 9.59 Å². The first-order chi connectivity index (χ1) is 9.85. The summed E-state index contributed by atoms with van der Waals surface area (Å²) < 4.78 is 4.41. The number of carboxylic acid groups (broad SMARTS) is 1. The number of aromatic nitrogens is 1. The highest BCUT2D eigenvalue weighted by molar-refractivity contribution is 6.34. The highest BCUT2D eigenvalue weighted by atomic mass is 35.5. The molecule has 0 aliphatic heterocycles. The number of esters is 1. The number of rotatable bonds is 6. The van der Waals surface area contributed by atoms with Gasteiger partial charge in [0.2, 0.25) is 0 Å². The molecule has 1 unspecified atom stereocenters. The van der Waals surface area contributed by atoms with Gasteiger partial charge in [0.15, 0.2) is 0 Å². The molecule has 1 amide bonds. The third kappa shape index (κ3) is 5.20. The second-order valence-corrected chi connectivity index (χ2v) is 4.70. The average molecular weight is 335 g/mol. The molecule has 0 spiro atoms. The van der Waals surface area contributed by atoms with Gasteiger partial charge in [0.05, 0.1) is 12.7 Å². The molecule has 0 fully saturated rings. The first-order valence-electron chi connectivity index (χ1n) is 5.77. The van der Waals surface area contributed by atoms with Crippen LogP contribution in [0.25, 0.3) is 0 Å². The summed E-state index contributed by atoms with van der Waals surface area (Å²) in [6.07, 6.45) is -0.243. The Hall–Kier alpha value is -1.86. The van der Waals surface area contributed by atoms with E-state index in [2.05, 4.69) is 15.0 Å². The number of carboxylic acids is 1. The molecule has 0 bridgehead atoms. The average Bonchev–Trinajstić information content (AvgIpc) is 2.42. The van der Waals surface area contributed by atoms with Gasteiger partial charge in [0, 0.05) is 6.42 Å². The van der Waals surface area contributed by atoms with Gasteiger partial charge in [0.1, 0.15) is 16.3 Å². The number of methoxy groups -OCH3 is 1. The molecule has 0 saturated heterocycles. The summed E-state index contributed by atoms with van der Waals surface area (Å²) in [5.41, 5.74) is -0.00890. The van der Waals surface area contributed by atoms with Gasteiger partial charge in [-0.15, -0.1) is 0 Å². The van der Waals surface area contributed by atoms with E-state index in [1.807, 2.05) is 0 Å². The Morgan fingerprint density at radius 3 is 2.57 bits per heavy atom. The predicted octanol–water partition coefficient (Wildman–Crippen LogP) is 1.52. The van der Waals surface area contributed by atoms with Crippen LogP contribution in [0.2, 0.25) is 10.3 Å². The van der Waals surface area contributed by atoms with Gasteiger partial charge in [-0.05, 0) is 18.6 Å². The maximum Gasteiger partial charge on any atom is 0.326 e. The number of halogens is 2. The minimum Gasteiger partial charge on any atom is -0.480 e. The summed E-state index contributed by atoms with van der Waals surface area (Å²) >= 11 is 11.4. The molecular formula is C12H12Cl2N2O5. The van der Waals surface area contributed by atoms with Gasteiger partial charge in [-0.1, -0.05) is 23.2 Å². The minimum absolute atomic E-state index is 0.00890. The quantitative estimate of drug-likeness (QED) is 0.603. The zero-order valence-electron chi connectivity index (χ0n) is 10.9. The summed E-state index contributed by atoms with van der Waals surface area (Å²) in [6, 6.07) is 1.43. The van der Waals surface area contributed by atoms with Crippen LogP contribution in [0.4, 0.5) is 0 Å². The van der Waals surface area contributed by atoms with Crippen LogP contribution in [0.15, 0.2) is 12.1 Å². The van der Waals surface area contributed by atoms with Crippen LogP contribution in [0, 0.1) is 0 Å². The van der Waals surface area contributed by atoms with Crippen molar-refractivity contribution in [3.05, 3.63) is 28.0 Å². The molecule has 1 atom stereocenters. The fraction of sp³-hybridized carbons (Fsp3) is 0.333. The monoisotopic (exact) mass is 334 g/mol. The van der Waals surface area contributed by atoms with Crippen molar-refractivity contribution in [3.63, 3.8) is 0 Å². The summed E-state index contributed by atoms with van der Waals surface area (Å²) in [5, 5.41) is 11.3. The van der Waals surface area contributed by atoms with E-state index in [-0.39, 0.29) is 28.7 Å². The molecule has 1 aromatic rings. The number of hydrogen-bond acceptors (Lipinski definition) is 5. The Kier molecular flexibility index (Phi) is 6.39. The third-order valence-corrected chi connectivity index (χ3v) is 3.03. The van der Waals surface area contributed by atoms with Gasteiger partial charge in [-0.25, -0.2) is 9.78 Å². The number of nitrogens with zero attached hydrogens (tertiary/aromatic N) is 1. The van der Waals surface area contributed by atoms with Gasteiger partial charge >= 0.3 is 11.9 Å². The van der Waals surface area contributed by atoms with Crippen LogP contribution in [0.3, 0.4) is 0 Å². The lowest BCUT2D eigenvalue weighted by atomic mass is 10.1. The molecule has 1 rings (SSSR count). The second kappa shape index (κ2) is 7.80. The number of carbonyl (C=O) groups is 3. The molecule has 9 heteroatoms. The zero-order chi connectivity index (χ0) is 16.0. The number of ether oxygens (including phenoxy) is 1. The smallest absolute Gasteiger partial charge is 0.326 e. The van der Waals surface area contributed by atoms with E-state index in [4.69, 9.17) is 28.3 Å². The van der Waals surface area contributed by atoms with Crippen molar-refractivity contribution in [2.45, 2.75) is 18.9 Å². The fourth-order valence-corrected chi connectivity index (χ4v) is 1.87. The lowest BCUT2D eigenvalue weighted by molar-refractivity contribution is -0.142. The number of hydrogen-bond donors (Lipinski definition) is 2. The molecule has 0 aliphatic rings. The molecule has 114 valence electrons. The first kappa shape index (κ1) is 17.2. The topological polar surface area (TPSA) is 106 Å². The van der Waals surface area contributed by atoms with Crippen molar-refractivity contribution >= 4 is 41.0 Å². The predicted molar refractivity (Wildman–Crippen MR) is 74.4 cm³/mol. The Morgan fingerprint density at radius 2 is 2.05 bits per heavy atom. The van der Waals surface area contributed by atoms with Crippen LogP contribution in [0.5, 0.6) is 0 Å². The Balaban J connectivity index is 2.76. The Morgan fingerprint density at radius 1 is 1.38 bits per heavy atom. The number of aliphatic carboxylic acids is 1. The zero-order valence-corrected chi connectivity index (χ0v) is 12.4. The van der Waals surface area contributed by atoms with Crippen molar-refractivity contribution in [2.24, 2.45) is 0 Å². The molecule has 1 heterocycles. The largest absolute Gasteiger partial charge is 0.480 e. The lowest BCUT2D eigenvalue weighted by Crippen LogP contribution is -2.41. The van der Waals surface area contributed by atoms with Gasteiger partial charge < -0.3 is 15.2 Å². The maximum atomic E-state index is 11.9. The lowest BCUT2D eigenvalue weighted by Gasteiger charge is -2.14. The van der Waals surface area contributed by atoms with Crippen LogP contribution in [-0.2, 0) is 14.3 Å².